The number of amides is 8. The molecule has 538 valence electrons. The maximum absolute atomic E-state index is 13.5. The van der Waals surface area contributed by atoms with Gasteiger partial charge in [-0.1, -0.05) is 18.2 Å². The predicted octanol–water partition coefficient (Wildman–Crippen LogP) is -1.18. The molecule has 0 spiro atoms. The summed E-state index contributed by atoms with van der Waals surface area (Å²) in [7, 11) is 0. The summed E-state index contributed by atoms with van der Waals surface area (Å²) in [5.41, 5.74) is 2.93. The maximum atomic E-state index is 13.5. The Morgan fingerprint density at radius 3 is 1.31 bits per heavy atom. The van der Waals surface area contributed by atoms with E-state index in [0.29, 0.717) is 64.6 Å². The molecule has 0 aliphatic carbocycles. The van der Waals surface area contributed by atoms with Gasteiger partial charge in [-0.2, -0.15) is 0 Å². The SMILES string of the molecule is O=C(CNCCN(CCN(CCNCC(=O)NCCNC(=O)c1cccc(O)c1O)CC(=O)NCCNC(=O)c1cccc(O)c1O)CC(=O)NCCCOCCOCCOCCCNC(=O)c1cc2cc3c4c(c2oc1=O)CCCN4CCC3)NCCNC(=O)c1cccc(O)c1O. The van der Waals surface area contributed by atoms with Crippen LogP contribution in [0.25, 0.3) is 11.0 Å². The Hall–Kier alpha value is -9.83. The van der Waals surface area contributed by atoms with Crippen molar-refractivity contribution in [3.63, 3.8) is 0 Å². The van der Waals surface area contributed by atoms with Gasteiger partial charge in [0, 0.05) is 135 Å². The average molecular weight is 1380 g/mol. The molecule has 4 aromatic carbocycles. The fourth-order valence-corrected chi connectivity index (χ4v) is 10.9. The van der Waals surface area contributed by atoms with Gasteiger partial charge in [0.05, 0.1) is 69.3 Å². The zero-order valence-electron chi connectivity index (χ0n) is 55.3. The second kappa shape index (κ2) is 40.8. The van der Waals surface area contributed by atoms with Crippen LogP contribution in [-0.4, -0.2) is 258 Å². The van der Waals surface area contributed by atoms with Crippen molar-refractivity contribution in [3.05, 3.63) is 111 Å². The summed E-state index contributed by atoms with van der Waals surface area (Å²) < 4.78 is 22.8. The number of phenols is 6. The molecule has 2 aliphatic rings. The number of carbonyl (C=O) groups is 8. The van der Waals surface area contributed by atoms with E-state index in [1.165, 1.54) is 65.8 Å². The lowest BCUT2D eigenvalue weighted by Gasteiger charge is -2.37. The molecule has 0 fully saturated rings. The molecule has 0 saturated heterocycles. The first-order chi connectivity index (χ1) is 47.9. The number of hydrogen-bond donors (Lipinski definition) is 16. The summed E-state index contributed by atoms with van der Waals surface area (Å²) in [4.78, 5) is 122. The minimum absolute atomic E-state index is 0.00353. The number of hydrogen-bond acceptors (Lipinski definition) is 24. The van der Waals surface area contributed by atoms with E-state index < -0.39 is 81.5 Å². The normalized spacial score (nSPS) is 12.4. The quantitative estimate of drug-likeness (QED) is 0.0124. The van der Waals surface area contributed by atoms with Gasteiger partial charge in [-0.25, -0.2) is 4.79 Å². The van der Waals surface area contributed by atoms with Crippen molar-refractivity contribution >= 4 is 63.9 Å². The highest BCUT2D eigenvalue weighted by atomic mass is 16.5. The smallest absolute Gasteiger partial charge is 0.349 e. The number of rotatable bonds is 44. The molecule has 0 atom stereocenters. The zero-order valence-corrected chi connectivity index (χ0v) is 55.3. The van der Waals surface area contributed by atoms with Gasteiger partial charge in [0.2, 0.25) is 23.6 Å². The fraction of sp³-hybridized carbons (Fsp3) is 0.478. The lowest BCUT2D eigenvalue weighted by Crippen LogP contribution is -2.48. The largest absolute Gasteiger partial charge is 0.504 e. The van der Waals surface area contributed by atoms with Gasteiger partial charge in [0.1, 0.15) is 11.1 Å². The van der Waals surface area contributed by atoms with Crippen LogP contribution < -0.4 is 63.7 Å². The molecule has 32 heteroatoms. The molecule has 7 rings (SSSR count). The number of fused-ring (bicyclic) bond motifs is 2. The average Bonchev–Trinajstić information content (AvgIpc) is 0.747. The van der Waals surface area contributed by atoms with E-state index in [0.717, 1.165) is 49.7 Å². The van der Waals surface area contributed by atoms with E-state index in [9.17, 15) is 73.8 Å². The minimum Gasteiger partial charge on any atom is -0.504 e. The molecule has 3 heterocycles. The molecule has 0 unspecified atom stereocenters. The summed E-state index contributed by atoms with van der Waals surface area (Å²) in [5, 5.41) is 87.7. The molecule has 99 heavy (non-hydrogen) atoms. The van der Waals surface area contributed by atoms with Crippen LogP contribution in [0.4, 0.5) is 5.69 Å². The van der Waals surface area contributed by atoms with E-state index in [4.69, 9.17) is 18.6 Å². The first-order valence-electron chi connectivity index (χ1n) is 33.1. The second-order valence-electron chi connectivity index (χ2n) is 23.3. The van der Waals surface area contributed by atoms with E-state index in [2.05, 4.69) is 58.1 Å². The zero-order chi connectivity index (χ0) is 70.9. The van der Waals surface area contributed by atoms with Crippen molar-refractivity contribution in [3.8, 4) is 34.5 Å². The molecule has 1 aromatic heterocycles. The number of aromatic hydroxyl groups is 6. The number of anilines is 1. The van der Waals surface area contributed by atoms with Crippen LogP contribution in [0.2, 0.25) is 0 Å². The van der Waals surface area contributed by atoms with Gasteiger partial charge in [-0.05, 0) is 92.6 Å². The number of phenolic OH excluding ortho intramolecular Hbond substituents is 6. The van der Waals surface area contributed by atoms with Crippen molar-refractivity contribution in [1.82, 2.24) is 63.0 Å². The van der Waals surface area contributed by atoms with E-state index in [-0.39, 0.29) is 139 Å². The maximum Gasteiger partial charge on any atom is 0.349 e. The molecular weight excluding hydrogens is 1290 g/mol. The molecule has 16 N–H and O–H groups in total. The second-order valence-corrected chi connectivity index (χ2v) is 23.3. The summed E-state index contributed by atoms with van der Waals surface area (Å²) in [6.45, 7) is 5.46. The number of nitrogens with one attached hydrogen (secondary N) is 10. The number of para-hydroxylation sites is 3. The van der Waals surface area contributed by atoms with Crippen molar-refractivity contribution in [1.29, 1.82) is 0 Å². The van der Waals surface area contributed by atoms with Crippen molar-refractivity contribution in [2.24, 2.45) is 0 Å². The molecule has 0 radical (unpaired) electrons. The summed E-state index contributed by atoms with van der Waals surface area (Å²) in [6.07, 6.45) is 4.83. The van der Waals surface area contributed by atoms with Crippen LogP contribution in [-0.2, 0) is 46.2 Å². The van der Waals surface area contributed by atoms with Gasteiger partial charge < -0.3 is 107 Å². The van der Waals surface area contributed by atoms with Crippen LogP contribution >= 0.6 is 0 Å². The molecule has 0 saturated carbocycles. The van der Waals surface area contributed by atoms with E-state index in [1.54, 1.807) is 11.0 Å². The Morgan fingerprint density at radius 1 is 0.444 bits per heavy atom. The molecule has 32 nitrogen and oxygen atoms in total. The van der Waals surface area contributed by atoms with Gasteiger partial charge in [0.15, 0.2) is 34.5 Å². The Kier molecular flexibility index (Phi) is 31.5. The van der Waals surface area contributed by atoms with Gasteiger partial charge >= 0.3 is 5.63 Å². The van der Waals surface area contributed by atoms with E-state index in [1.807, 2.05) is 11.0 Å². The van der Waals surface area contributed by atoms with Crippen LogP contribution in [0, 0.1) is 0 Å². The van der Waals surface area contributed by atoms with Gasteiger partial charge in [0.25, 0.3) is 23.6 Å². The summed E-state index contributed by atoms with van der Waals surface area (Å²) >= 11 is 0. The molecule has 0 bridgehead atoms. The first-order valence-corrected chi connectivity index (χ1v) is 33.1. The Labute approximate surface area is 571 Å². The summed E-state index contributed by atoms with van der Waals surface area (Å²) in [5.74, 6) is -7.16. The Morgan fingerprint density at radius 2 is 0.838 bits per heavy atom. The number of nitrogens with zero attached hydrogens (tertiary/aromatic N) is 3. The van der Waals surface area contributed by atoms with Crippen molar-refractivity contribution < 1.29 is 87.6 Å². The lowest BCUT2D eigenvalue weighted by molar-refractivity contribution is -0.123. The highest BCUT2D eigenvalue weighted by Crippen LogP contribution is 2.40. The van der Waals surface area contributed by atoms with Crippen LogP contribution in [0.3, 0.4) is 0 Å². The molecule has 2 aliphatic heterocycles. The molecule has 8 amide bonds. The number of aryl methyl sites for hydroxylation is 2. The van der Waals surface area contributed by atoms with Crippen molar-refractivity contribution in [2.75, 3.05) is 175 Å². The number of carbonyl (C=O) groups excluding carboxylic acids is 8. The third-order valence-corrected chi connectivity index (χ3v) is 16.0. The standard InChI is InChI=1S/C67H91N13O19/c81-51-13-1-9-47(59(51)88)63(91)75-21-18-71-54(84)40-68-24-28-78(30-31-79(43-57(87)73-20-23-77-65(93)49-11-3-15-53(83)61(49)90)29-25-69-41-55(85)72-19-22-76-64(92)48-10-2-14-52(82)60(48)89)42-56(86)70-16-6-32-96-34-36-98-37-35-97-33-7-17-74-66(94)50-39-45-38-44-8-4-26-80-27-5-12-46(58(44)80)62(45)99-67(50)95/h1-3,9-11,13-15,38-39,68-69,81-83,88-90H,4-8,12,16-37,40-43H2,(H,70,86)(H,71,84)(H,72,85)(H,73,87)(H,74,94)(H,75,91)(H,76,92)(H,77,93). The molecule has 5 aromatic rings. The van der Waals surface area contributed by atoms with Crippen LogP contribution in [0.5, 0.6) is 34.5 Å². The third-order valence-electron chi connectivity index (χ3n) is 16.0. The van der Waals surface area contributed by atoms with E-state index >= 15 is 0 Å². The topological polar surface area (TPSA) is 446 Å². The summed E-state index contributed by atoms with van der Waals surface area (Å²) in [6, 6.07) is 15.5. The number of benzene rings is 4. The fourth-order valence-electron chi connectivity index (χ4n) is 10.9. The number of ether oxygens (including phenoxy) is 3. The van der Waals surface area contributed by atoms with Crippen LogP contribution in [0.1, 0.15) is 78.2 Å². The van der Waals surface area contributed by atoms with Gasteiger partial charge in [-0.3, -0.25) is 48.2 Å². The minimum atomic E-state index is -0.679. The predicted molar refractivity (Wildman–Crippen MR) is 362 cm³/mol. The monoisotopic (exact) mass is 1380 g/mol. The van der Waals surface area contributed by atoms with Gasteiger partial charge in [-0.15, -0.1) is 0 Å². The molecular formula is C67H91N13O19. The highest BCUT2D eigenvalue weighted by Gasteiger charge is 2.28. The highest BCUT2D eigenvalue weighted by molar-refractivity contribution is 6.00. The Bertz CT molecular complexity index is 3610. The lowest BCUT2D eigenvalue weighted by atomic mass is 9.90. The van der Waals surface area contributed by atoms with Crippen molar-refractivity contribution in [2.45, 2.75) is 38.5 Å². The Balaban J connectivity index is 0.816. The third kappa shape index (κ3) is 24.9. The first kappa shape index (κ1) is 76.5. The van der Waals surface area contributed by atoms with Crippen LogP contribution in [0.15, 0.2) is 75.9 Å².